The van der Waals surface area contributed by atoms with Gasteiger partial charge in [0.15, 0.2) is 5.17 Å². The number of carbonyl (C=O) groups excluding carboxylic acids is 1. The van der Waals surface area contributed by atoms with Crippen LogP contribution in [0.2, 0.25) is 0 Å². The Bertz CT molecular complexity index is 1130. The van der Waals surface area contributed by atoms with Crippen molar-refractivity contribution in [2.24, 2.45) is 18.0 Å². The summed E-state index contributed by atoms with van der Waals surface area (Å²) in [5.41, 5.74) is 4.11. The largest absolute Gasteiger partial charge is 0.286 e. The van der Waals surface area contributed by atoms with E-state index >= 15 is 0 Å². The molecule has 3 aromatic rings. The van der Waals surface area contributed by atoms with Crippen molar-refractivity contribution >= 4 is 45.5 Å². The zero-order valence-corrected chi connectivity index (χ0v) is 17.9. The second-order valence-corrected chi connectivity index (χ2v) is 8.75. The van der Waals surface area contributed by atoms with Crippen LogP contribution in [0.25, 0.3) is 17.0 Å². The van der Waals surface area contributed by atoms with Gasteiger partial charge in [-0.25, -0.2) is 4.99 Å². The van der Waals surface area contributed by atoms with Crippen LogP contribution >= 0.6 is 11.8 Å². The molecular weight excluding hydrogens is 380 g/mol. The normalized spacial score (nSPS) is 17.4. The first kappa shape index (κ1) is 19.5. The van der Waals surface area contributed by atoms with Gasteiger partial charge >= 0.3 is 0 Å². The summed E-state index contributed by atoms with van der Waals surface area (Å²) in [6, 6.07) is 14.2. The van der Waals surface area contributed by atoms with Gasteiger partial charge in [-0.3, -0.25) is 14.4 Å². The average Bonchev–Trinajstić information content (AvgIpc) is 3.18. The molecule has 0 radical (unpaired) electrons. The zero-order valence-electron chi connectivity index (χ0n) is 17.1. The van der Waals surface area contributed by atoms with Crippen LogP contribution < -0.4 is 0 Å². The van der Waals surface area contributed by atoms with Crippen LogP contribution in [0.4, 0.5) is 5.69 Å². The molecule has 0 unspecified atom stereocenters. The van der Waals surface area contributed by atoms with Gasteiger partial charge in [-0.1, -0.05) is 37.6 Å². The highest BCUT2D eigenvalue weighted by Gasteiger charge is 2.33. The number of hydrogen-bond donors (Lipinski definition) is 0. The molecule has 4 rings (SSSR count). The van der Waals surface area contributed by atoms with Gasteiger partial charge in [-0.15, -0.1) is 0 Å². The Morgan fingerprint density at radius 2 is 1.93 bits per heavy atom. The van der Waals surface area contributed by atoms with Crippen LogP contribution in [0.3, 0.4) is 0 Å². The number of aromatic nitrogens is 2. The number of fused-ring (bicyclic) bond motifs is 1. The van der Waals surface area contributed by atoms with E-state index in [4.69, 9.17) is 4.99 Å². The predicted octanol–water partition coefficient (Wildman–Crippen LogP) is 5.14. The number of aryl methyl sites for hydroxylation is 2. The molecule has 0 bridgehead atoms. The van der Waals surface area contributed by atoms with E-state index in [-0.39, 0.29) is 5.91 Å². The lowest BCUT2D eigenvalue weighted by molar-refractivity contribution is -0.122. The van der Waals surface area contributed by atoms with Crippen LogP contribution in [0.15, 0.2) is 58.6 Å². The van der Waals surface area contributed by atoms with Gasteiger partial charge in [0.2, 0.25) is 0 Å². The van der Waals surface area contributed by atoms with E-state index in [1.807, 2.05) is 60.4 Å². The van der Waals surface area contributed by atoms with Crippen molar-refractivity contribution < 1.29 is 4.79 Å². The fourth-order valence-electron chi connectivity index (χ4n) is 3.27. The molecule has 6 heteroatoms. The van der Waals surface area contributed by atoms with Crippen LogP contribution in [0.1, 0.15) is 25.0 Å². The third kappa shape index (κ3) is 4.12. The van der Waals surface area contributed by atoms with E-state index in [1.165, 1.54) is 17.3 Å². The monoisotopic (exact) mass is 404 g/mol. The fourth-order valence-corrected chi connectivity index (χ4v) is 4.28. The van der Waals surface area contributed by atoms with E-state index in [9.17, 15) is 4.79 Å². The first-order valence-corrected chi connectivity index (χ1v) is 10.5. The van der Waals surface area contributed by atoms with Gasteiger partial charge in [0.25, 0.3) is 5.91 Å². The van der Waals surface area contributed by atoms with E-state index in [1.54, 1.807) is 4.90 Å². The molecule has 1 amide bonds. The summed E-state index contributed by atoms with van der Waals surface area (Å²) in [6.45, 7) is 6.92. The molecule has 0 atom stereocenters. The summed E-state index contributed by atoms with van der Waals surface area (Å²) in [7, 11) is 1.93. The van der Waals surface area contributed by atoms with Crippen LogP contribution in [-0.4, -0.2) is 32.3 Å². The Labute approximate surface area is 175 Å². The van der Waals surface area contributed by atoms with Crippen molar-refractivity contribution in [1.29, 1.82) is 0 Å². The van der Waals surface area contributed by atoms with Crippen molar-refractivity contribution in [3.05, 3.63) is 64.7 Å². The number of thioether (sulfide) groups is 1. The van der Waals surface area contributed by atoms with Gasteiger partial charge < -0.3 is 0 Å². The van der Waals surface area contributed by atoms with Gasteiger partial charge in [0.1, 0.15) is 0 Å². The highest BCUT2D eigenvalue weighted by molar-refractivity contribution is 8.18. The molecule has 29 heavy (non-hydrogen) atoms. The molecule has 1 saturated heterocycles. The van der Waals surface area contributed by atoms with E-state index in [2.05, 4.69) is 31.9 Å². The molecule has 1 aromatic heterocycles. The summed E-state index contributed by atoms with van der Waals surface area (Å²) >= 11 is 1.44. The Balaban J connectivity index is 1.69. The van der Waals surface area contributed by atoms with Crippen molar-refractivity contribution in [2.75, 3.05) is 6.54 Å². The quantitative estimate of drug-likeness (QED) is 0.566. The first-order chi connectivity index (χ1) is 13.9. The van der Waals surface area contributed by atoms with Gasteiger partial charge in [0, 0.05) is 19.0 Å². The third-order valence-electron chi connectivity index (χ3n) is 4.76. The topological polar surface area (TPSA) is 50.5 Å². The Morgan fingerprint density at radius 3 is 2.66 bits per heavy atom. The smallest absolute Gasteiger partial charge is 0.266 e. The summed E-state index contributed by atoms with van der Waals surface area (Å²) in [5, 5.41) is 6.09. The summed E-state index contributed by atoms with van der Waals surface area (Å²) in [4.78, 5) is 20.4. The summed E-state index contributed by atoms with van der Waals surface area (Å²) in [5.74, 6) is 0.370. The molecule has 148 valence electrons. The number of aliphatic imine (C=N–C) groups is 1. The second kappa shape index (κ2) is 7.87. The molecule has 1 aliphatic rings. The maximum Gasteiger partial charge on any atom is 0.266 e. The van der Waals surface area contributed by atoms with Crippen molar-refractivity contribution in [3.63, 3.8) is 0 Å². The molecule has 5 nitrogen and oxygen atoms in total. The maximum atomic E-state index is 13.1. The third-order valence-corrected chi connectivity index (χ3v) is 5.77. The minimum Gasteiger partial charge on any atom is -0.286 e. The standard InChI is InChI=1S/C23H24N4OS/c1-15(2)14-27-22(28)21(29-23(27)25-19-8-5-16(3)6-9-19)12-17-7-10-20-18(11-17)13-24-26(20)4/h5-13,15H,14H2,1-4H3/b21-12-,25-23?. The number of benzene rings is 2. The number of amides is 1. The first-order valence-electron chi connectivity index (χ1n) is 9.69. The molecular formula is C23H24N4OS. The number of hydrogen-bond acceptors (Lipinski definition) is 4. The van der Waals surface area contributed by atoms with Crippen LogP contribution in [0.5, 0.6) is 0 Å². The van der Waals surface area contributed by atoms with Crippen molar-refractivity contribution in [2.45, 2.75) is 20.8 Å². The minimum absolute atomic E-state index is 0.0147. The zero-order chi connectivity index (χ0) is 20.5. The molecule has 2 aromatic carbocycles. The second-order valence-electron chi connectivity index (χ2n) is 7.74. The molecule has 0 spiro atoms. The van der Waals surface area contributed by atoms with E-state index < -0.39 is 0 Å². The average molecular weight is 405 g/mol. The van der Waals surface area contributed by atoms with Gasteiger partial charge in [0.05, 0.1) is 22.3 Å². The highest BCUT2D eigenvalue weighted by atomic mass is 32.2. The fraction of sp³-hybridized carbons (Fsp3) is 0.261. The molecule has 2 heterocycles. The van der Waals surface area contributed by atoms with Crippen molar-refractivity contribution in [1.82, 2.24) is 14.7 Å². The Hall–Kier alpha value is -2.86. The van der Waals surface area contributed by atoms with Crippen molar-refractivity contribution in [3.8, 4) is 0 Å². The number of rotatable bonds is 4. The van der Waals surface area contributed by atoms with Crippen LogP contribution in [0, 0.1) is 12.8 Å². The van der Waals surface area contributed by atoms with Crippen LogP contribution in [-0.2, 0) is 11.8 Å². The maximum absolute atomic E-state index is 13.1. The number of nitrogens with zero attached hydrogens (tertiary/aromatic N) is 4. The van der Waals surface area contributed by atoms with Gasteiger partial charge in [-0.2, -0.15) is 5.10 Å². The molecule has 0 N–H and O–H groups in total. The molecule has 0 aliphatic carbocycles. The molecule has 0 saturated carbocycles. The SMILES string of the molecule is Cc1ccc(N=C2S/C(=C\c3ccc4c(cnn4C)c3)C(=O)N2CC(C)C)cc1. The van der Waals surface area contributed by atoms with E-state index in [0.717, 1.165) is 27.3 Å². The van der Waals surface area contributed by atoms with E-state index in [0.29, 0.717) is 17.4 Å². The lowest BCUT2D eigenvalue weighted by Gasteiger charge is -2.17. The number of amidine groups is 1. The van der Waals surface area contributed by atoms with Gasteiger partial charge in [-0.05, 0) is 60.5 Å². The minimum atomic E-state index is 0.0147. The number of carbonyl (C=O) groups is 1. The highest BCUT2D eigenvalue weighted by Crippen LogP contribution is 2.35. The summed E-state index contributed by atoms with van der Waals surface area (Å²) in [6.07, 6.45) is 3.79. The lowest BCUT2D eigenvalue weighted by Crippen LogP contribution is -2.32. The molecule has 1 fully saturated rings. The predicted molar refractivity (Wildman–Crippen MR) is 121 cm³/mol. The lowest BCUT2D eigenvalue weighted by atomic mass is 10.1. The molecule has 1 aliphatic heterocycles. The Morgan fingerprint density at radius 1 is 1.17 bits per heavy atom. The summed E-state index contributed by atoms with van der Waals surface area (Å²) < 4.78 is 1.85. The Kier molecular flexibility index (Phi) is 5.28.